The van der Waals surface area contributed by atoms with Gasteiger partial charge in [0.15, 0.2) is 0 Å². The molecule has 1 aliphatic rings. The Morgan fingerprint density at radius 1 is 1.29 bits per heavy atom. The highest BCUT2D eigenvalue weighted by Crippen LogP contribution is 2.32. The molecular formula is C22H26N4O2. The van der Waals surface area contributed by atoms with Crippen molar-refractivity contribution in [2.45, 2.75) is 32.6 Å². The summed E-state index contributed by atoms with van der Waals surface area (Å²) in [6.07, 6.45) is 0.846. The fraction of sp³-hybridized carbons (Fsp3) is 0.409. The van der Waals surface area contributed by atoms with Crippen molar-refractivity contribution in [3.63, 3.8) is 0 Å². The number of pyridine rings is 1. The predicted octanol–water partition coefficient (Wildman–Crippen LogP) is 2.00. The Morgan fingerprint density at radius 3 is 2.64 bits per heavy atom. The van der Waals surface area contributed by atoms with Crippen molar-refractivity contribution < 1.29 is 4.79 Å². The van der Waals surface area contributed by atoms with E-state index in [0.717, 1.165) is 11.3 Å². The maximum Gasteiger partial charge on any atom is 0.266 e. The van der Waals surface area contributed by atoms with E-state index in [1.54, 1.807) is 13.8 Å². The van der Waals surface area contributed by atoms with Gasteiger partial charge < -0.3 is 15.6 Å². The number of aromatic amines is 1. The first-order valence-electron chi connectivity index (χ1n) is 9.61. The number of hydrogen-bond donors (Lipinski definition) is 2. The minimum Gasteiger partial charge on any atom is -0.342 e. The lowest BCUT2D eigenvalue weighted by Gasteiger charge is -2.18. The number of carbonyl (C=O) groups is 1. The van der Waals surface area contributed by atoms with Gasteiger partial charge in [-0.25, -0.2) is 0 Å². The number of rotatable bonds is 5. The van der Waals surface area contributed by atoms with E-state index in [1.165, 1.54) is 5.56 Å². The lowest BCUT2D eigenvalue weighted by Crippen LogP contribution is -2.30. The van der Waals surface area contributed by atoms with E-state index < -0.39 is 0 Å². The van der Waals surface area contributed by atoms with Crippen molar-refractivity contribution in [2.75, 3.05) is 19.6 Å². The average Bonchev–Trinajstić information content (AvgIpc) is 3.13. The van der Waals surface area contributed by atoms with E-state index >= 15 is 0 Å². The number of nitriles is 1. The van der Waals surface area contributed by atoms with Crippen molar-refractivity contribution in [1.82, 2.24) is 9.88 Å². The molecule has 6 nitrogen and oxygen atoms in total. The van der Waals surface area contributed by atoms with Gasteiger partial charge in [-0.15, -0.1) is 0 Å². The van der Waals surface area contributed by atoms with Crippen molar-refractivity contribution in [1.29, 1.82) is 5.26 Å². The van der Waals surface area contributed by atoms with Crippen LogP contribution in [0.5, 0.6) is 0 Å². The van der Waals surface area contributed by atoms with E-state index in [0.29, 0.717) is 38.0 Å². The molecule has 0 aliphatic carbocycles. The number of H-pyrrole nitrogens is 1. The summed E-state index contributed by atoms with van der Waals surface area (Å²) in [6.45, 7) is 5.47. The highest BCUT2D eigenvalue weighted by Gasteiger charge is 2.35. The van der Waals surface area contributed by atoms with Gasteiger partial charge in [0.2, 0.25) is 5.91 Å². The second kappa shape index (κ2) is 8.41. The Balaban J connectivity index is 1.71. The maximum absolute atomic E-state index is 12.8. The van der Waals surface area contributed by atoms with Crippen LogP contribution < -0.4 is 11.3 Å². The first-order chi connectivity index (χ1) is 13.5. The number of amides is 1. The lowest BCUT2D eigenvalue weighted by molar-refractivity contribution is -0.130. The molecule has 0 bridgehead atoms. The molecule has 28 heavy (non-hydrogen) atoms. The largest absolute Gasteiger partial charge is 0.342 e. The second-order valence-corrected chi connectivity index (χ2v) is 7.48. The molecule has 0 saturated carbocycles. The smallest absolute Gasteiger partial charge is 0.266 e. The first-order valence-corrected chi connectivity index (χ1v) is 9.61. The minimum atomic E-state index is -0.372. The molecule has 6 heteroatoms. The molecule has 146 valence electrons. The van der Waals surface area contributed by atoms with Crippen LogP contribution in [0.3, 0.4) is 0 Å². The van der Waals surface area contributed by atoms with Gasteiger partial charge in [0.05, 0.1) is 0 Å². The zero-order valence-electron chi connectivity index (χ0n) is 16.4. The molecular weight excluding hydrogens is 352 g/mol. The number of carbonyl (C=O) groups excluding carboxylic acids is 1. The summed E-state index contributed by atoms with van der Waals surface area (Å²) in [5.41, 5.74) is 9.21. The zero-order valence-corrected chi connectivity index (χ0v) is 16.4. The topological polar surface area (TPSA) is 103 Å². The van der Waals surface area contributed by atoms with Gasteiger partial charge in [0.25, 0.3) is 5.56 Å². The standard InChI is InChI=1S/C22H26N4O2/c1-14-18(15(2)25-22(28)19(14)11-24)8-9-21(27)26-12-17(10-23)20(13-26)16-6-4-3-5-7-16/h3-7,17,20H,8-10,12-13,23H2,1-2H3,(H,25,28)/t17-,20+/m1/s1. The number of aromatic nitrogens is 1. The van der Waals surface area contributed by atoms with Crippen molar-refractivity contribution >= 4 is 5.91 Å². The van der Waals surface area contributed by atoms with Gasteiger partial charge in [-0.2, -0.15) is 5.26 Å². The van der Waals surface area contributed by atoms with Crippen LogP contribution in [0.2, 0.25) is 0 Å². The van der Waals surface area contributed by atoms with Gasteiger partial charge >= 0.3 is 0 Å². The third-order valence-corrected chi connectivity index (χ3v) is 5.83. The van der Waals surface area contributed by atoms with E-state index in [9.17, 15) is 14.9 Å². The van der Waals surface area contributed by atoms with Crippen LogP contribution in [0.15, 0.2) is 35.1 Å². The molecule has 2 atom stereocenters. The monoisotopic (exact) mass is 378 g/mol. The average molecular weight is 378 g/mol. The molecule has 3 rings (SSSR count). The Kier molecular flexibility index (Phi) is 5.96. The van der Waals surface area contributed by atoms with E-state index in [4.69, 9.17) is 5.73 Å². The van der Waals surface area contributed by atoms with Crippen LogP contribution in [0.25, 0.3) is 0 Å². The van der Waals surface area contributed by atoms with Crippen LogP contribution >= 0.6 is 0 Å². The first kappa shape index (κ1) is 19.8. The zero-order chi connectivity index (χ0) is 20.3. The highest BCUT2D eigenvalue weighted by atomic mass is 16.2. The number of nitrogens with two attached hydrogens (primary N) is 1. The Hall–Kier alpha value is -2.91. The van der Waals surface area contributed by atoms with Gasteiger partial charge in [-0.1, -0.05) is 30.3 Å². The SMILES string of the molecule is Cc1[nH]c(=O)c(C#N)c(C)c1CCC(=O)N1C[C@@H](CN)[C@H](c2ccccc2)C1. The van der Waals surface area contributed by atoms with Gasteiger partial charge in [0.1, 0.15) is 11.6 Å². The molecule has 1 aromatic heterocycles. The van der Waals surface area contributed by atoms with Gasteiger partial charge in [-0.05, 0) is 49.4 Å². The van der Waals surface area contributed by atoms with Crippen molar-refractivity contribution in [2.24, 2.45) is 11.7 Å². The quantitative estimate of drug-likeness (QED) is 0.830. The third-order valence-electron chi connectivity index (χ3n) is 5.83. The fourth-order valence-electron chi connectivity index (χ4n) is 4.20. The van der Waals surface area contributed by atoms with E-state index in [-0.39, 0.29) is 28.9 Å². The predicted molar refractivity (Wildman–Crippen MR) is 108 cm³/mol. The number of benzene rings is 1. The summed E-state index contributed by atoms with van der Waals surface area (Å²) < 4.78 is 0. The number of nitrogens with one attached hydrogen (secondary N) is 1. The van der Waals surface area contributed by atoms with Crippen LogP contribution in [-0.4, -0.2) is 35.4 Å². The van der Waals surface area contributed by atoms with Gasteiger partial charge in [0, 0.05) is 31.1 Å². The Bertz CT molecular complexity index is 959. The number of hydrogen-bond acceptors (Lipinski definition) is 4. The van der Waals surface area contributed by atoms with Crippen LogP contribution in [-0.2, 0) is 11.2 Å². The highest BCUT2D eigenvalue weighted by molar-refractivity contribution is 5.77. The lowest BCUT2D eigenvalue weighted by atomic mass is 9.89. The Labute approximate surface area is 165 Å². The molecule has 1 saturated heterocycles. The van der Waals surface area contributed by atoms with Crippen LogP contribution in [0.1, 0.15) is 40.3 Å². The van der Waals surface area contributed by atoms with Crippen molar-refractivity contribution in [3.05, 3.63) is 68.6 Å². The summed E-state index contributed by atoms with van der Waals surface area (Å²) >= 11 is 0. The van der Waals surface area contributed by atoms with Crippen molar-refractivity contribution in [3.8, 4) is 6.07 Å². The number of nitrogens with zero attached hydrogens (tertiary/aromatic N) is 2. The molecule has 0 unspecified atom stereocenters. The molecule has 1 aliphatic heterocycles. The van der Waals surface area contributed by atoms with E-state index in [2.05, 4.69) is 17.1 Å². The summed E-state index contributed by atoms with van der Waals surface area (Å²) in [5, 5.41) is 9.20. The van der Waals surface area contributed by atoms with Crippen LogP contribution in [0.4, 0.5) is 0 Å². The second-order valence-electron chi connectivity index (χ2n) is 7.48. The third kappa shape index (κ3) is 3.85. The molecule has 1 amide bonds. The summed E-state index contributed by atoms with van der Waals surface area (Å²) in [5.74, 6) is 0.602. The van der Waals surface area contributed by atoms with Crippen LogP contribution in [0, 0.1) is 31.1 Å². The van der Waals surface area contributed by atoms with Gasteiger partial charge in [-0.3, -0.25) is 9.59 Å². The van der Waals surface area contributed by atoms with E-state index in [1.807, 2.05) is 29.2 Å². The number of likely N-dealkylation sites (tertiary alicyclic amines) is 1. The molecule has 2 heterocycles. The minimum absolute atomic E-state index is 0.0837. The maximum atomic E-state index is 12.8. The summed E-state index contributed by atoms with van der Waals surface area (Å²) in [4.78, 5) is 29.3. The molecule has 1 fully saturated rings. The molecule has 0 radical (unpaired) electrons. The number of aryl methyl sites for hydroxylation is 1. The fourth-order valence-corrected chi connectivity index (χ4v) is 4.20. The normalized spacial score (nSPS) is 18.9. The molecule has 3 N–H and O–H groups in total. The summed E-state index contributed by atoms with van der Waals surface area (Å²) in [7, 11) is 0. The molecule has 1 aromatic carbocycles. The Morgan fingerprint density at radius 2 is 2.00 bits per heavy atom. The molecule has 2 aromatic rings. The summed E-state index contributed by atoms with van der Waals surface area (Å²) in [6, 6.07) is 12.2. The molecule has 0 spiro atoms.